The molecule has 0 radical (unpaired) electrons. The van der Waals surface area contributed by atoms with Crippen molar-refractivity contribution < 1.29 is 13.9 Å². The number of hydrogen-bond donors (Lipinski definition) is 0. The Morgan fingerprint density at radius 1 is 1.07 bits per heavy atom. The fourth-order valence-electron chi connectivity index (χ4n) is 3.06. The third-order valence-electron chi connectivity index (χ3n) is 4.59. The second-order valence-corrected chi connectivity index (χ2v) is 8.63. The van der Waals surface area contributed by atoms with Gasteiger partial charge in [-0.3, -0.25) is 0 Å². The van der Waals surface area contributed by atoms with E-state index in [1.54, 1.807) is 11.8 Å². The van der Waals surface area contributed by atoms with Gasteiger partial charge in [-0.2, -0.15) is 0 Å². The maximum absolute atomic E-state index is 5.90. The highest BCUT2D eigenvalue weighted by Gasteiger charge is 2.20. The molecule has 7 heteroatoms. The van der Waals surface area contributed by atoms with Crippen LogP contribution in [0.3, 0.4) is 0 Å². The summed E-state index contributed by atoms with van der Waals surface area (Å²) in [6.07, 6.45) is 3.73. The molecule has 1 aliphatic rings. The van der Waals surface area contributed by atoms with E-state index in [-0.39, 0.29) is 5.41 Å². The lowest BCUT2D eigenvalue weighted by Crippen LogP contribution is -2.15. The number of imidazole rings is 1. The number of benzene rings is 1. The van der Waals surface area contributed by atoms with Gasteiger partial charge in [-0.25, -0.2) is 9.97 Å². The van der Waals surface area contributed by atoms with Gasteiger partial charge in [0.05, 0.1) is 23.8 Å². The van der Waals surface area contributed by atoms with Crippen LogP contribution in [0.5, 0.6) is 11.5 Å². The molecule has 0 aliphatic carbocycles. The zero-order chi connectivity index (χ0) is 19.7. The third kappa shape index (κ3) is 3.76. The van der Waals surface area contributed by atoms with Gasteiger partial charge in [0.2, 0.25) is 5.89 Å². The molecule has 148 valence electrons. The molecule has 0 amide bonds. The molecule has 1 aliphatic heterocycles. The number of ether oxygens (including phenoxy) is 2. The van der Waals surface area contributed by atoms with Crippen LogP contribution in [0.2, 0.25) is 0 Å². The summed E-state index contributed by atoms with van der Waals surface area (Å²) in [5.41, 5.74) is 2.09. The molecule has 0 saturated heterocycles. The molecular weight excluding hydrogens is 374 g/mol. The zero-order valence-corrected chi connectivity index (χ0v) is 17.5. The van der Waals surface area contributed by atoms with Crippen LogP contribution in [-0.2, 0) is 17.7 Å². The number of nitrogens with zero attached hydrogens (tertiary/aromatic N) is 3. The fraction of sp³-hybridized carbons (Fsp3) is 0.429. The molecule has 0 N–H and O–H groups in total. The van der Waals surface area contributed by atoms with Crippen molar-refractivity contribution >= 4 is 11.8 Å². The molecular formula is C21H25N3O3S. The highest BCUT2D eigenvalue weighted by molar-refractivity contribution is 7.98. The number of oxazole rings is 1. The van der Waals surface area contributed by atoms with Crippen molar-refractivity contribution in [1.29, 1.82) is 0 Å². The van der Waals surface area contributed by atoms with Crippen LogP contribution in [0.4, 0.5) is 0 Å². The summed E-state index contributed by atoms with van der Waals surface area (Å²) in [5.74, 6) is 3.86. The Morgan fingerprint density at radius 3 is 2.57 bits per heavy atom. The van der Waals surface area contributed by atoms with E-state index in [1.165, 1.54) is 0 Å². The molecule has 0 unspecified atom stereocenters. The lowest BCUT2D eigenvalue weighted by atomic mass is 9.94. The minimum absolute atomic E-state index is 0.0385. The van der Waals surface area contributed by atoms with E-state index in [1.807, 2.05) is 24.5 Å². The van der Waals surface area contributed by atoms with Gasteiger partial charge in [-0.15, -0.1) is 0 Å². The monoisotopic (exact) mass is 399 g/mol. The molecule has 0 saturated carbocycles. The minimum Gasteiger partial charge on any atom is -0.486 e. The predicted molar refractivity (Wildman–Crippen MR) is 109 cm³/mol. The topological polar surface area (TPSA) is 62.3 Å². The van der Waals surface area contributed by atoms with Gasteiger partial charge in [-0.1, -0.05) is 32.5 Å². The Morgan fingerprint density at radius 2 is 1.86 bits per heavy atom. The molecule has 0 atom stereocenters. The molecule has 3 heterocycles. The Bertz CT molecular complexity index is 972. The summed E-state index contributed by atoms with van der Waals surface area (Å²) in [4.78, 5) is 9.04. The molecule has 2 aromatic heterocycles. The van der Waals surface area contributed by atoms with Crippen LogP contribution in [-0.4, -0.2) is 27.7 Å². The maximum Gasteiger partial charge on any atom is 0.204 e. The maximum atomic E-state index is 5.90. The quantitative estimate of drug-likeness (QED) is 0.568. The van der Waals surface area contributed by atoms with Gasteiger partial charge >= 0.3 is 0 Å². The first kappa shape index (κ1) is 18.9. The van der Waals surface area contributed by atoms with Crippen LogP contribution in [0.1, 0.15) is 39.3 Å². The smallest absolute Gasteiger partial charge is 0.204 e. The Balaban J connectivity index is 1.54. The van der Waals surface area contributed by atoms with Crippen molar-refractivity contribution in [2.24, 2.45) is 0 Å². The van der Waals surface area contributed by atoms with Crippen LogP contribution < -0.4 is 9.47 Å². The number of thioether (sulfide) groups is 1. The first-order chi connectivity index (χ1) is 13.5. The van der Waals surface area contributed by atoms with Gasteiger partial charge in [0.1, 0.15) is 19.0 Å². The minimum atomic E-state index is -0.0385. The van der Waals surface area contributed by atoms with Gasteiger partial charge in [0, 0.05) is 17.5 Å². The molecule has 0 fully saturated rings. The molecule has 6 nitrogen and oxygen atoms in total. The van der Waals surface area contributed by atoms with Crippen molar-refractivity contribution in [3.63, 3.8) is 0 Å². The largest absolute Gasteiger partial charge is 0.486 e. The van der Waals surface area contributed by atoms with E-state index in [0.29, 0.717) is 19.0 Å². The Labute approximate surface area is 169 Å². The molecule has 1 aromatic carbocycles. The van der Waals surface area contributed by atoms with Gasteiger partial charge in [-0.05, 0) is 25.1 Å². The number of hydrogen-bond acceptors (Lipinski definition) is 6. The number of aromatic nitrogens is 3. The SMILES string of the molecule is CCn1c(-c2ccc3c(c2)OCCO3)cnc1SCc1ncc(C(C)(C)C)o1. The lowest BCUT2D eigenvalue weighted by molar-refractivity contribution is 0.171. The van der Waals surface area contributed by atoms with Crippen LogP contribution in [0.15, 0.2) is 40.2 Å². The highest BCUT2D eigenvalue weighted by atomic mass is 32.2. The number of fused-ring (bicyclic) bond motifs is 1. The van der Waals surface area contributed by atoms with E-state index in [0.717, 1.165) is 46.1 Å². The molecule has 0 spiro atoms. The Kier molecular flexibility index (Phi) is 5.10. The first-order valence-corrected chi connectivity index (χ1v) is 10.5. The van der Waals surface area contributed by atoms with Crippen molar-refractivity contribution in [3.05, 3.63) is 42.2 Å². The normalized spacial score (nSPS) is 13.7. The van der Waals surface area contributed by atoms with E-state index in [4.69, 9.17) is 13.9 Å². The molecule has 0 bridgehead atoms. The second kappa shape index (κ2) is 7.54. The average Bonchev–Trinajstić information content (AvgIpc) is 3.32. The van der Waals surface area contributed by atoms with E-state index < -0.39 is 0 Å². The standard InChI is InChI=1S/C21H25N3O3S/c1-5-24-15(14-6-7-16-17(10-14)26-9-8-25-16)11-23-20(24)28-13-19-22-12-18(27-19)21(2,3)4/h6-7,10-12H,5,8-9,13H2,1-4H3. The van der Waals surface area contributed by atoms with E-state index in [2.05, 4.69) is 48.3 Å². The van der Waals surface area contributed by atoms with Gasteiger partial charge in [0.15, 0.2) is 16.7 Å². The second-order valence-electron chi connectivity index (χ2n) is 7.69. The van der Waals surface area contributed by atoms with Crippen LogP contribution in [0.25, 0.3) is 11.3 Å². The van der Waals surface area contributed by atoms with E-state index >= 15 is 0 Å². The average molecular weight is 400 g/mol. The molecule has 28 heavy (non-hydrogen) atoms. The third-order valence-corrected chi connectivity index (χ3v) is 5.57. The summed E-state index contributed by atoms with van der Waals surface area (Å²) in [5, 5.41) is 0.947. The summed E-state index contributed by atoms with van der Waals surface area (Å²) in [7, 11) is 0. The van der Waals surface area contributed by atoms with Crippen LogP contribution >= 0.6 is 11.8 Å². The van der Waals surface area contributed by atoms with Crippen molar-refractivity contribution in [2.45, 2.75) is 50.6 Å². The molecule has 3 aromatic rings. The van der Waals surface area contributed by atoms with Gasteiger partial charge in [0.25, 0.3) is 0 Å². The van der Waals surface area contributed by atoms with Crippen molar-refractivity contribution in [3.8, 4) is 22.8 Å². The van der Waals surface area contributed by atoms with Crippen molar-refractivity contribution in [2.75, 3.05) is 13.2 Å². The summed E-state index contributed by atoms with van der Waals surface area (Å²) >= 11 is 1.63. The van der Waals surface area contributed by atoms with Gasteiger partial charge < -0.3 is 18.5 Å². The summed E-state index contributed by atoms with van der Waals surface area (Å²) in [6.45, 7) is 10.5. The lowest BCUT2D eigenvalue weighted by Gasteiger charge is -2.19. The van der Waals surface area contributed by atoms with Crippen molar-refractivity contribution in [1.82, 2.24) is 14.5 Å². The van der Waals surface area contributed by atoms with Crippen LogP contribution in [0, 0.1) is 0 Å². The first-order valence-electron chi connectivity index (χ1n) is 9.49. The highest BCUT2D eigenvalue weighted by Crippen LogP contribution is 2.36. The Hall–Kier alpha value is -2.41. The summed E-state index contributed by atoms with van der Waals surface area (Å²) < 4.78 is 19.4. The predicted octanol–water partition coefficient (Wildman–Crippen LogP) is 4.92. The molecule has 4 rings (SSSR count). The summed E-state index contributed by atoms with van der Waals surface area (Å²) in [6, 6.07) is 6.04. The number of rotatable bonds is 5. The zero-order valence-electron chi connectivity index (χ0n) is 16.7. The van der Waals surface area contributed by atoms with E-state index in [9.17, 15) is 0 Å². The fourth-order valence-corrected chi connectivity index (χ4v) is 3.96.